The van der Waals surface area contributed by atoms with Crippen molar-refractivity contribution in [2.45, 2.75) is 4.90 Å². The summed E-state index contributed by atoms with van der Waals surface area (Å²) < 4.78 is 38.0. The van der Waals surface area contributed by atoms with Crippen LogP contribution in [0.15, 0.2) is 51.8 Å². The summed E-state index contributed by atoms with van der Waals surface area (Å²) in [6.45, 7) is 0.354. The fraction of sp³-hybridized carbons (Fsp3) is 0.200. The van der Waals surface area contributed by atoms with Gasteiger partial charge in [0, 0.05) is 11.6 Å². The van der Waals surface area contributed by atoms with Crippen LogP contribution in [0.5, 0.6) is 11.5 Å². The third-order valence-electron chi connectivity index (χ3n) is 2.91. The Morgan fingerprint density at radius 2 is 1.87 bits per heavy atom. The molecule has 0 saturated carbocycles. The standard InChI is InChI=1S/C15H15BrClNO4S/c1-21-15-7-6-13(10-14(15)16)23(19,20)18-8-9-22-12-4-2-11(17)3-5-12/h2-7,10,18H,8-9H2,1H3. The quantitative estimate of drug-likeness (QED) is 0.697. The molecule has 0 bridgehead atoms. The summed E-state index contributed by atoms with van der Waals surface area (Å²) in [5, 5.41) is 0.614. The molecular weight excluding hydrogens is 406 g/mol. The second-order valence-electron chi connectivity index (χ2n) is 4.50. The van der Waals surface area contributed by atoms with Crippen LogP contribution in [0, 0.1) is 0 Å². The minimum Gasteiger partial charge on any atom is -0.496 e. The number of sulfonamides is 1. The molecule has 2 aromatic carbocycles. The van der Waals surface area contributed by atoms with Crippen LogP contribution in [0.3, 0.4) is 0 Å². The number of benzene rings is 2. The topological polar surface area (TPSA) is 64.6 Å². The van der Waals surface area contributed by atoms with E-state index < -0.39 is 10.0 Å². The molecule has 5 nitrogen and oxygen atoms in total. The largest absolute Gasteiger partial charge is 0.496 e. The highest BCUT2D eigenvalue weighted by molar-refractivity contribution is 9.10. The number of halogens is 2. The molecule has 0 heterocycles. The molecule has 2 rings (SSSR count). The Balaban J connectivity index is 1.91. The average Bonchev–Trinajstić information content (AvgIpc) is 2.53. The Labute approximate surface area is 148 Å². The highest BCUT2D eigenvalue weighted by Crippen LogP contribution is 2.27. The molecule has 0 saturated heterocycles. The predicted molar refractivity (Wildman–Crippen MR) is 92.8 cm³/mol. The molecule has 0 amide bonds. The van der Waals surface area contributed by atoms with E-state index in [0.29, 0.717) is 21.0 Å². The molecule has 0 atom stereocenters. The number of methoxy groups -OCH3 is 1. The van der Waals surface area contributed by atoms with Crippen molar-refractivity contribution in [3.05, 3.63) is 52.0 Å². The van der Waals surface area contributed by atoms with Crippen molar-refractivity contribution in [1.29, 1.82) is 0 Å². The van der Waals surface area contributed by atoms with E-state index in [1.165, 1.54) is 19.2 Å². The van der Waals surface area contributed by atoms with E-state index in [9.17, 15) is 8.42 Å². The van der Waals surface area contributed by atoms with E-state index in [0.717, 1.165) is 0 Å². The Kier molecular flexibility index (Phi) is 6.29. The molecule has 8 heteroatoms. The van der Waals surface area contributed by atoms with Gasteiger partial charge in [0.1, 0.15) is 18.1 Å². The SMILES string of the molecule is COc1ccc(S(=O)(=O)NCCOc2ccc(Cl)cc2)cc1Br. The summed E-state index contributed by atoms with van der Waals surface area (Å²) in [5.41, 5.74) is 0. The van der Waals surface area contributed by atoms with Crippen LogP contribution in [0.1, 0.15) is 0 Å². The minimum atomic E-state index is -3.61. The first-order valence-corrected chi connectivity index (χ1v) is 9.29. The van der Waals surface area contributed by atoms with Crippen molar-refractivity contribution in [2.24, 2.45) is 0 Å². The van der Waals surface area contributed by atoms with Crippen LogP contribution in [0.2, 0.25) is 5.02 Å². The normalized spacial score (nSPS) is 11.3. The molecule has 0 unspecified atom stereocenters. The molecule has 23 heavy (non-hydrogen) atoms. The maximum Gasteiger partial charge on any atom is 0.240 e. The van der Waals surface area contributed by atoms with Gasteiger partial charge in [-0.2, -0.15) is 0 Å². The van der Waals surface area contributed by atoms with Crippen molar-refractivity contribution >= 4 is 37.6 Å². The Morgan fingerprint density at radius 1 is 1.17 bits per heavy atom. The molecule has 0 aliphatic carbocycles. The maximum atomic E-state index is 12.2. The molecule has 0 radical (unpaired) electrons. The zero-order valence-electron chi connectivity index (χ0n) is 12.3. The van der Waals surface area contributed by atoms with Gasteiger partial charge >= 0.3 is 0 Å². The van der Waals surface area contributed by atoms with E-state index >= 15 is 0 Å². The molecule has 0 aromatic heterocycles. The van der Waals surface area contributed by atoms with E-state index in [2.05, 4.69) is 20.7 Å². The van der Waals surface area contributed by atoms with Crippen LogP contribution >= 0.6 is 27.5 Å². The van der Waals surface area contributed by atoms with E-state index in [1.54, 1.807) is 30.3 Å². The van der Waals surface area contributed by atoms with Crippen molar-refractivity contribution in [3.63, 3.8) is 0 Å². The van der Waals surface area contributed by atoms with Crippen LogP contribution in [-0.4, -0.2) is 28.7 Å². The summed E-state index contributed by atoms with van der Waals surface area (Å²) in [4.78, 5) is 0.150. The predicted octanol–water partition coefficient (Wildman–Crippen LogP) is 3.47. The third kappa shape index (κ3) is 5.10. The van der Waals surface area contributed by atoms with Crippen LogP contribution < -0.4 is 14.2 Å². The maximum absolute atomic E-state index is 12.2. The average molecular weight is 421 g/mol. The number of rotatable bonds is 7. The van der Waals surface area contributed by atoms with E-state index in [4.69, 9.17) is 21.1 Å². The van der Waals surface area contributed by atoms with E-state index in [1.807, 2.05) is 0 Å². The molecule has 0 spiro atoms. The zero-order chi connectivity index (χ0) is 16.9. The Hall–Kier alpha value is -1.28. The lowest BCUT2D eigenvalue weighted by molar-refractivity contribution is 0.323. The van der Waals surface area contributed by atoms with Gasteiger partial charge in [-0.25, -0.2) is 13.1 Å². The highest BCUT2D eigenvalue weighted by Gasteiger charge is 2.15. The van der Waals surface area contributed by atoms with Crippen molar-refractivity contribution in [3.8, 4) is 11.5 Å². The Morgan fingerprint density at radius 3 is 2.48 bits per heavy atom. The summed E-state index contributed by atoms with van der Waals surface area (Å²) >= 11 is 9.04. The highest BCUT2D eigenvalue weighted by atomic mass is 79.9. The first kappa shape index (κ1) is 18.1. The number of hydrogen-bond donors (Lipinski definition) is 1. The van der Waals surface area contributed by atoms with Gasteiger partial charge in [-0.1, -0.05) is 11.6 Å². The number of hydrogen-bond acceptors (Lipinski definition) is 4. The van der Waals surface area contributed by atoms with Gasteiger partial charge in [0.15, 0.2) is 0 Å². The molecule has 1 N–H and O–H groups in total. The summed E-state index contributed by atoms with van der Waals surface area (Å²) in [7, 11) is -2.09. The van der Waals surface area contributed by atoms with Gasteiger partial charge in [-0.3, -0.25) is 0 Å². The lowest BCUT2D eigenvalue weighted by Gasteiger charge is -2.10. The van der Waals surface area contributed by atoms with Crippen LogP contribution in [0.25, 0.3) is 0 Å². The monoisotopic (exact) mass is 419 g/mol. The molecule has 0 aliphatic rings. The van der Waals surface area contributed by atoms with Gasteiger partial charge in [-0.05, 0) is 58.4 Å². The van der Waals surface area contributed by atoms with Gasteiger partial charge in [0.25, 0.3) is 0 Å². The molecule has 2 aromatic rings. The fourth-order valence-electron chi connectivity index (χ4n) is 1.77. The summed E-state index contributed by atoms with van der Waals surface area (Å²) in [6.07, 6.45) is 0. The van der Waals surface area contributed by atoms with Crippen LogP contribution in [-0.2, 0) is 10.0 Å². The molecule has 0 fully saturated rings. The molecule has 0 aliphatic heterocycles. The lowest BCUT2D eigenvalue weighted by atomic mass is 10.3. The lowest BCUT2D eigenvalue weighted by Crippen LogP contribution is -2.28. The fourth-order valence-corrected chi connectivity index (χ4v) is 3.63. The van der Waals surface area contributed by atoms with E-state index in [-0.39, 0.29) is 18.0 Å². The molecular formula is C15H15BrClNO4S. The zero-order valence-corrected chi connectivity index (χ0v) is 15.4. The van der Waals surface area contributed by atoms with Gasteiger partial charge in [0.2, 0.25) is 10.0 Å². The van der Waals surface area contributed by atoms with Crippen LogP contribution in [0.4, 0.5) is 0 Å². The first-order chi connectivity index (χ1) is 10.9. The second-order valence-corrected chi connectivity index (χ2v) is 7.55. The first-order valence-electron chi connectivity index (χ1n) is 6.64. The summed E-state index contributed by atoms with van der Waals surface area (Å²) in [5.74, 6) is 1.19. The third-order valence-corrected chi connectivity index (χ3v) is 5.24. The van der Waals surface area contributed by atoms with Crippen molar-refractivity contribution in [1.82, 2.24) is 4.72 Å². The number of nitrogens with one attached hydrogen (secondary N) is 1. The minimum absolute atomic E-state index is 0.147. The van der Waals surface area contributed by atoms with Crippen molar-refractivity contribution < 1.29 is 17.9 Å². The second kappa shape index (κ2) is 8.01. The Bertz CT molecular complexity index is 766. The van der Waals surface area contributed by atoms with Gasteiger partial charge < -0.3 is 9.47 Å². The smallest absolute Gasteiger partial charge is 0.240 e. The van der Waals surface area contributed by atoms with Crippen molar-refractivity contribution in [2.75, 3.05) is 20.3 Å². The van der Waals surface area contributed by atoms with Gasteiger partial charge in [0.05, 0.1) is 16.5 Å². The number of ether oxygens (including phenoxy) is 2. The van der Waals surface area contributed by atoms with Gasteiger partial charge in [-0.15, -0.1) is 0 Å². The molecule has 124 valence electrons. The summed E-state index contributed by atoms with van der Waals surface area (Å²) in [6, 6.07) is 11.4.